The van der Waals surface area contributed by atoms with Crippen LogP contribution in [0.5, 0.6) is 0 Å². The Bertz CT molecular complexity index is 738. The Kier molecular flexibility index (Phi) is 4.85. The summed E-state index contributed by atoms with van der Waals surface area (Å²) in [6.45, 7) is 6.46. The van der Waals surface area contributed by atoms with Crippen LogP contribution < -0.4 is 5.32 Å². The van der Waals surface area contributed by atoms with Gasteiger partial charge in [0.15, 0.2) is 0 Å². The van der Waals surface area contributed by atoms with Crippen molar-refractivity contribution in [2.24, 2.45) is 5.92 Å². The number of fused-ring (bicyclic) bond motifs is 1. The summed E-state index contributed by atoms with van der Waals surface area (Å²) < 4.78 is 5.26. The van der Waals surface area contributed by atoms with Crippen LogP contribution >= 0.6 is 0 Å². The second kappa shape index (κ2) is 6.89. The highest BCUT2D eigenvalue weighted by atomic mass is 16.5. The second-order valence-electron chi connectivity index (χ2n) is 7.09. The first-order valence-corrected chi connectivity index (χ1v) is 8.69. The third-order valence-electron chi connectivity index (χ3n) is 4.78. The Morgan fingerprint density at radius 3 is 2.96 bits per heavy atom. The van der Waals surface area contributed by atoms with Crippen LogP contribution in [0.25, 0.3) is 11.1 Å². The number of aliphatic hydroxyl groups is 1. The van der Waals surface area contributed by atoms with E-state index in [1.54, 1.807) is 0 Å². The minimum Gasteiger partial charge on any atom is -0.393 e. The lowest BCUT2D eigenvalue weighted by Gasteiger charge is -2.25. The number of aryl methyl sites for hydroxylation is 1. The van der Waals surface area contributed by atoms with E-state index in [2.05, 4.69) is 15.5 Å². The fraction of sp³-hybridized carbons (Fsp3) is 0.611. The van der Waals surface area contributed by atoms with Gasteiger partial charge in [-0.3, -0.25) is 4.79 Å². The van der Waals surface area contributed by atoms with E-state index in [0.717, 1.165) is 31.4 Å². The third kappa shape index (κ3) is 3.43. The molecular weight excluding hydrogens is 306 g/mol. The van der Waals surface area contributed by atoms with Gasteiger partial charge in [-0.2, -0.15) is 0 Å². The van der Waals surface area contributed by atoms with Crippen LogP contribution in [0.3, 0.4) is 0 Å². The maximum atomic E-state index is 12.7. The Morgan fingerprint density at radius 1 is 1.46 bits per heavy atom. The molecule has 2 aromatic heterocycles. The molecule has 1 amide bonds. The van der Waals surface area contributed by atoms with Gasteiger partial charge in [0.2, 0.25) is 0 Å². The van der Waals surface area contributed by atoms with E-state index in [4.69, 9.17) is 4.52 Å². The number of carbonyl (C=O) groups excluding carboxylic acids is 1. The minimum absolute atomic E-state index is 0.129. The van der Waals surface area contributed by atoms with Crippen molar-refractivity contribution in [1.29, 1.82) is 0 Å². The molecule has 0 aromatic carbocycles. The lowest BCUT2D eigenvalue weighted by atomic mass is 9.87. The Hall–Kier alpha value is -1.95. The third-order valence-corrected chi connectivity index (χ3v) is 4.78. The minimum atomic E-state index is -0.235. The SMILES string of the molecule is Cc1noc2nc(C(C)C)cc(C(=O)NCC3CCCC(O)C3)c12. The normalized spacial score (nSPS) is 21.4. The molecule has 2 unspecified atom stereocenters. The highest BCUT2D eigenvalue weighted by Gasteiger charge is 2.23. The highest BCUT2D eigenvalue weighted by molar-refractivity contribution is 6.06. The van der Waals surface area contributed by atoms with E-state index in [0.29, 0.717) is 34.8 Å². The second-order valence-corrected chi connectivity index (χ2v) is 7.09. The number of hydrogen-bond donors (Lipinski definition) is 2. The number of hydrogen-bond acceptors (Lipinski definition) is 5. The van der Waals surface area contributed by atoms with E-state index in [-0.39, 0.29) is 17.9 Å². The summed E-state index contributed by atoms with van der Waals surface area (Å²) in [7, 11) is 0. The summed E-state index contributed by atoms with van der Waals surface area (Å²) in [4.78, 5) is 17.2. The monoisotopic (exact) mass is 331 g/mol. The van der Waals surface area contributed by atoms with Crippen LogP contribution in [0, 0.1) is 12.8 Å². The predicted molar refractivity (Wildman–Crippen MR) is 90.9 cm³/mol. The van der Waals surface area contributed by atoms with Crippen molar-refractivity contribution in [2.45, 2.75) is 58.5 Å². The number of rotatable bonds is 4. The largest absolute Gasteiger partial charge is 0.393 e. The van der Waals surface area contributed by atoms with E-state index in [1.165, 1.54) is 0 Å². The van der Waals surface area contributed by atoms with Crippen LogP contribution in [0.2, 0.25) is 0 Å². The van der Waals surface area contributed by atoms with Crippen molar-refractivity contribution in [1.82, 2.24) is 15.5 Å². The lowest BCUT2D eigenvalue weighted by Crippen LogP contribution is -2.33. The van der Waals surface area contributed by atoms with E-state index >= 15 is 0 Å². The Morgan fingerprint density at radius 2 is 2.25 bits per heavy atom. The molecule has 0 aliphatic heterocycles. The Balaban J connectivity index is 1.81. The van der Waals surface area contributed by atoms with Gasteiger partial charge in [0.05, 0.1) is 22.7 Å². The smallest absolute Gasteiger partial charge is 0.259 e. The zero-order valence-corrected chi connectivity index (χ0v) is 14.5. The van der Waals surface area contributed by atoms with Gasteiger partial charge in [0, 0.05) is 12.2 Å². The van der Waals surface area contributed by atoms with Gasteiger partial charge in [-0.15, -0.1) is 0 Å². The van der Waals surface area contributed by atoms with E-state index in [9.17, 15) is 9.90 Å². The van der Waals surface area contributed by atoms with Gasteiger partial charge < -0.3 is 14.9 Å². The quantitative estimate of drug-likeness (QED) is 0.899. The molecule has 24 heavy (non-hydrogen) atoms. The molecule has 3 rings (SSSR count). The van der Waals surface area contributed by atoms with Crippen molar-refractivity contribution >= 4 is 17.0 Å². The molecule has 0 radical (unpaired) electrons. The first-order chi connectivity index (χ1) is 11.5. The van der Waals surface area contributed by atoms with Gasteiger partial charge >= 0.3 is 0 Å². The summed E-state index contributed by atoms with van der Waals surface area (Å²) >= 11 is 0. The van der Waals surface area contributed by atoms with Crippen molar-refractivity contribution in [3.8, 4) is 0 Å². The van der Waals surface area contributed by atoms with Crippen molar-refractivity contribution in [2.75, 3.05) is 6.54 Å². The molecule has 0 spiro atoms. The summed E-state index contributed by atoms with van der Waals surface area (Å²) in [6, 6.07) is 1.84. The van der Waals surface area contributed by atoms with Gasteiger partial charge in [-0.25, -0.2) is 4.98 Å². The molecular formula is C18H25N3O3. The summed E-state index contributed by atoms with van der Waals surface area (Å²) in [5.41, 5.74) is 2.47. The number of aliphatic hydroxyl groups excluding tert-OH is 1. The van der Waals surface area contributed by atoms with Crippen LogP contribution in [-0.2, 0) is 0 Å². The fourth-order valence-corrected chi connectivity index (χ4v) is 3.37. The standard InChI is InChI=1S/C18H25N3O3/c1-10(2)15-8-14(16-11(3)21-24-18(16)20-15)17(23)19-9-12-5-4-6-13(22)7-12/h8,10,12-13,22H,4-7,9H2,1-3H3,(H,19,23). The zero-order chi connectivity index (χ0) is 17.3. The number of aromatic nitrogens is 2. The fourth-order valence-electron chi connectivity index (χ4n) is 3.37. The molecule has 1 fully saturated rings. The molecule has 0 saturated heterocycles. The average Bonchev–Trinajstić information content (AvgIpc) is 2.93. The van der Waals surface area contributed by atoms with E-state index in [1.807, 2.05) is 26.8 Å². The number of carbonyl (C=O) groups is 1. The van der Waals surface area contributed by atoms with Crippen LogP contribution in [0.15, 0.2) is 10.6 Å². The predicted octanol–water partition coefficient (Wildman–Crippen LogP) is 2.94. The summed E-state index contributed by atoms with van der Waals surface area (Å²) in [5, 5.41) is 17.4. The molecule has 130 valence electrons. The first kappa shape index (κ1) is 16.9. The average molecular weight is 331 g/mol. The topological polar surface area (TPSA) is 88.2 Å². The summed E-state index contributed by atoms with van der Waals surface area (Å²) in [6.07, 6.45) is 3.46. The molecule has 1 aliphatic rings. The zero-order valence-electron chi connectivity index (χ0n) is 14.5. The highest BCUT2D eigenvalue weighted by Crippen LogP contribution is 2.26. The lowest BCUT2D eigenvalue weighted by molar-refractivity contribution is 0.0875. The maximum Gasteiger partial charge on any atom is 0.259 e. The number of pyridine rings is 1. The van der Waals surface area contributed by atoms with Gasteiger partial charge in [-0.1, -0.05) is 25.4 Å². The summed E-state index contributed by atoms with van der Waals surface area (Å²) in [5.74, 6) is 0.402. The molecule has 1 saturated carbocycles. The number of nitrogens with zero attached hydrogens (tertiary/aromatic N) is 2. The van der Waals surface area contributed by atoms with Crippen LogP contribution in [0.1, 0.15) is 67.2 Å². The number of amides is 1. The molecule has 2 atom stereocenters. The van der Waals surface area contributed by atoms with Gasteiger partial charge in [0.25, 0.3) is 11.6 Å². The van der Waals surface area contributed by atoms with E-state index < -0.39 is 0 Å². The molecule has 1 aliphatic carbocycles. The van der Waals surface area contributed by atoms with Crippen molar-refractivity contribution < 1.29 is 14.4 Å². The first-order valence-electron chi connectivity index (χ1n) is 8.69. The van der Waals surface area contributed by atoms with Crippen molar-refractivity contribution in [3.63, 3.8) is 0 Å². The van der Waals surface area contributed by atoms with Crippen LogP contribution in [0.4, 0.5) is 0 Å². The Labute approximate surface area is 141 Å². The molecule has 2 aromatic rings. The van der Waals surface area contributed by atoms with Crippen molar-refractivity contribution in [3.05, 3.63) is 23.0 Å². The molecule has 2 N–H and O–H groups in total. The molecule has 6 heteroatoms. The number of nitrogens with one attached hydrogen (secondary N) is 1. The van der Waals surface area contributed by atoms with Gasteiger partial charge in [-0.05, 0) is 44.1 Å². The maximum absolute atomic E-state index is 12.7. The molecule has 6 nitrogen and oxygen atoms in total. The molecule has 2 heterocycles. The van der Waals surface area contributed by atoms with Crippen LogP contribution in [-0.4, -0.2) is 33.8 Å². The van der Waals surface area contributed by atoms with Gasteiger partial charge in [0.1, 0.15) is 0 Å². The molecule has 0 bridgehead atoms.